The lowest BCUT2D eigenvalue weighted by atomic mass is 10.2. The van der Waals surface area contributed by atoms with Gasteiger partial charge in [-0.1, -0.05) is 22.0 Å². The van der Waals surface area contributed by atoms with Gasteiger partial charge in [0.25, 0.3) is 11.8 Å². The average molecular weight is 495 g/mol. The summed E-state index contributed by atoms with van der Waals surface area (Å²) in [5.41, 5.74) is 1.34. The minimum Gasteiger partial charge on any atom is -0.486 e. The number of hydrogen-bond acceptors (Lipinski definition) is 5. The number of benzene rings is 2. The molecular weight excluding hydrogens is 476 g/mol. The van der Waals surface area contributed by atoms with Gasteiger partial charge >= 0.3 is 0 Å². The van der Waals surface area contributed by atoms with Crippen LogP contribution in [0.2, 0.25) is 0 Å². The molecule has 0 spiro atoms. The van der Waals surface area contributed by atoms with Gasteiger partial charge in [0.1, 0.15) is 18.1 Å². The van der Waals surface area contributed by atoms with E-state index < -0.39 is 5.91 Å². The summed E-state index contributed by atoms with van der Waals surface area (Å²) in [6.45, 7) is 0.198. The van der Waals surface area contributed by atoms with E-state index in [1.54, 1.807) is 60.4 Å². The number of halogens is 1. The van der Waals surface area contributed by atoms with Crippen LogP contribution in [0, 0.1) is 0 Å². The van der Waals surface area contributed by atoms with Crippen LogP contribution in [0.25, 0.3) is 0 Å². The normalized spacial score (nSPS) is 10.6. The SMILES string of the molecule is Cn1ccc(C(=O)Nc2cccc(NC(=O)c3ccc(COc4ccc(Br)cc4)o3)c2)n1. The van der Waals surface area contributed by atoms with Gasteiger partial charge in [-0.15, -0.1) is 0 Å². The standard InChI is InChI=1S/C23H19BrN4O4/c1-28-12-11-20(27-28)22(29)25-16-3-2-4-17(13-16)26-23(30)21-10-9-19(32-21)14-31-18-7-5-15(24)6-8-18/h2-13H,14H2,1H3,(H,25,29)(H,26,30). The smallest absolute Gasteiger partial charge is 0.291 e. The van der Waals surface area contributed by atoms with E-state index in [0.29, 0.717) is 28.6 Å². The van der Waals surface area contributed by atoms with Gasteiger partial charge < -0.3 is 19.8 Å². The molecule has 2 amide bonds. The topological polar surface area (TPSA) is 98.4 Å². The van der Waals surface area contributed by atoms with Crippen molar-refractivity contribution < 1.29 is 18.7 Å². The van der Waals surface area contributed by atoms with E-state index in [1.165, 1.54) is 0 Å². The first-order valence-electron chi connectivity index (χ1n) is 9.66. The van der Waals surface area contributed by atoms with Crippen molar-refractivity contribution in [2.45, 2.75) is 6.61 Å². The lowest BCUT2D eigenvalue weighted by Crippen LogP contribution is -2.14. The van der Waals surface area contributed by atoms with E-state index in [9.17, 15) is 9.59 Å². The first-order chi connectivity index (χ1) is 15.5. The molecule has 4 rings (SSSR count). The summed E-state index contributed by atoms with van der Waals surface area (Å²) in [6.07, 6.45) is 1.69. The number of hydrogen-bond donors (Lipinski definition) is 2. The van der Waals surface area contributed by atoms with Crippen LogP contribution in [0.4, 0.5) is 11.4 Å². The van der Waals surface area contributed by atoms with Crippen LogP contribution >= 0.6 is 15.9 Å². The van der Waals surface area contributed by atoms with Crippen LogP contribution in [-0.2, 0) is 13.7 Å². The van der Waals surface area contributed by atoms with Crippen molar-refractivity contribution in [3.63, 3.8) is 0 Å². The fraction of sp³-hybridized carbons (Fsp3) is 0.0870. The van der Waals surface area contributed by atoms with Crippen molar-refractivity contribution >= 4 is 39.1 Å². The van der Waals surface area contributed by atoms with Crippen LogP contribution in [0.3, 0.4) is 0 Å². The summed E-state index contributed by atoms with van der Waals surface area (Å²) in [6, 6.07) is 19.1. The Hall–Kier alpha value is -3.85. The number of furan rings is 1. The highest BCUT2D eigenvalue weighted by Crippen LogP contribution is 2.20. The maximum absolute atomic E-state index is 12.5. The summed E-state index contributed by atoms with van der Waals surface area (Å²) in [5.74, 6) is 0.626. The molecule has 2 N–H and O–H groups in total. The number of nitrogens with one attached hydrogen (secondary N) is 2. The molecule has 0 aliphatic carbocycles. The van der Waals surface area contributed by atoms with E-state index in [0.717, 1.165) is 4.47 Å². The molecule has 162 valence electrons. The van der Waals surface area contributed by atoms with Gasteiger partial charge in [0.05, 0.1) is 0 Å². The van der Waals surface area contributed by atoms with Gasteiger partial charge in [-0.2, -0.15) is 5.10 Å². The fourth-order valence-electron chi connectivity index (χ4n) is 2.86. The highest BCUT2D eigenvalue weighted by Gasteiger charge is 2.13. The molecule has 8 nitrogen and oxygen atoms in total. The van der Waals surface area contributed by atoms with E-state index in [2.05, 4.69) is 31.7 Å². The number of nitrogens with zero attached hydrogens (tertiary/aromatic N) is 2. The number of ether oxygens (including phenoxy) is 1. The van der Waals surface area contributed by atoms with Crippen molar-refractivity contribution in [3.05, 3.63) is 94.6 Å². The zero-order valence-electron chi connectivity index (χ0n) is 17.0. The second-order valence-corrected chi connectivity index (χ2v) is 7.79. The molecule has 32 heavy (non-hydrogen) atoms. The molecule has 0 radical (unpaired) electrons. The summed E-state index contributed by atoms with van der Waals surface area (Å²) in [7, 11) is 1.74. The van der Waals surface area contributed by atoms with Crippen LogP contribution in [0.5, 0.6) is 5.75 Å². The molecule has 2 heterocycles. The average Bonchev–Trinajstić information content (AvgIpc) is 3.43. The molecule has 2 aromatic carbocycles. The molecule has 0 aliphatic rings. The molecular formula is C23H19BrN4O4. The maximum Gasteiger partial charge on any atom is 0.291 e. The largest absolute Gasteiger partial charge is 0.486 e. The Labute approximate surface area is 192 Å². The quantitative estimate of drug-likeness (QED) is 0.382. The minimum atomic E-state index is -0.409. The highest BCUT2D eigenvalue weighted by molar-refractivity contribution is 9.10. The predicted molar refractivity (Wildman–Crippen MR) is 123 cm³/mol. The number of anilines is 2. The van der Waals surface area contributed by atoms with E-state index in [1.807, 2.05) is 24.3 Å². The third-order valence-electron chi connectivity index (χ3n) is 4.40. The minimum absolute atomic E-state index is 0.155. The lowest BCUT2D eigenvalue weighted by Gasteiger charge is -2.07. The van der Waals surface area contributed by atoms with Gasteiger partial charge in [-0.3, -0.25) is 14.3 Å². The van der Waals surface area contributed by atoms with E-state index in [-0.39, 0.29) is 18.3 Å². The summed E-state index contributed by atoms with van der Waals surface area (Å²) in [5, 5.41) is 9.58. The van der Waals surface area contributed by atoms with Gasteiger partial charge in [-0.25, -0.2) is 0 Å². The van der Waals surface area contributed by atoms with Crippen LogP contribution in [-0.4, -0.2) is 21.6 Å². The molecule has 4 aromatic rings. The molecule has 0 saturated carbocycles. The predicted octanol–water partition coefficient (Wildman–Crippen LogP) is 4.86. The third kappa shape index (κ3) is 5.44. The molecule has 0 unspecified atom stereocenters. The number of amides is 2. The summed E-state index contributed by atoms with van der Waals surface area (Å²) >= 11 is 3.37. The van der Waals surface area contributed by atoms with Crippen molar-refractivity contribution in [3.8, 4) is 5.75 Å². The Bertz CT molecular complexity index is 1250. The molecule has 0 atom stereocenters. The fourth-order valence-corrected chi connectivity index (χ4v) is 3.13. The second kappa shape index (κ2) is 9.52. The Kier molecular flexibility index (Phi) is 6.37. The van der Waals surface area contributed by atoms with E-state index >= 15 is 0 Å². The number of aryl methyl sites for hydroxylation is 1. The van der Waals surface area contributed by atoms with E-state index in [4.69, 9.17) is 9.15 Å². The van der Waals surface area contributed by atoms with Crippen molar-refractivity contribution in [1.82, 2.24) is 9.78 Å². The molecule has 0 fully saturated rings. The summed E-state index contributed by atoms with van der Waals surface area (Å²) in [4.78, 5) is 24.8. The Morgan fingerprint density at radius 3 is 2.41 bits per heavy atom. The van der Waals surface area contributed by atoms with Crippen molar-refractivity contribution in [2.75, 3.05) is 10.6 Å². The number of carbonyl (C=O) groups is 2. The number of rotatable bonds is 7. The Morgan fingerprint density at radius 1 is 1.00 bits per heavy atom. The Balaban J connectivity index is 1.35. The van der Waals surface area contributed by atoms with Gasteiger partial charge in [0.2, 0.25) is 0 Å². The monoisotopic (exact) mass is 494 g/mol. The van der Waals surface area contributed by atoms with Crippen LogP contribution in [0.15, 0.2) is 81.8 Å². The zero-order chi connectivity index (χ0) is 22.5. The molecule has 0 aliphatic heterocycles. The summed E-state index contributed by atoms with van der Waals surface area (Å²) < 4.78 is 13.8. The molecule has 9 heteroatoms. The third-order valence-corrected chi connectivity index (χ3v) is 4.93. The zero-order valence-corrected chi connectivity index (χ0v) is 18.6. The lowest BCUT2D eigenvalue weighted by molar-refractivity contribution is 0.0991. The second-order valence-electron chi connectivity index (χ2n) is 6.87. The number of aromatic nitrogens is 2. The van der Waals surface area contributed by atoms with Crippen LogP contribution in [0.1, 0.15) is 26.8 Å². The van der Waals surface area contributed by atoms with Crippen molar-refractivity contribution in [1.29, 1.82) is 0 Å². The maximum atomic E-state index is 12.5. The van der Waals surface area contributed by atoms with Gasteiger partial charge in [-0.05, 0) is 60.7 Å². The van der Waals surface area contributed by atoms with Crippen LogP contribution < -0.4 is 15.4 Å². The Morgan fingerprint density at radius 2 is 1.72 bits per heavy atom. The number of carbonyl (C=O) groups excluding carboxylic acids is 2. The first-order valence-corrected chi connectivity index (χ1v) is 10.4. The first kappa shape index (κ1) is 21.4. The molecule has 0 saturated heterocycles. The van der Waals surface area contributed by atoms with Gasteiger partial charge in [0, 0.05) is 29.1 Å². The van der Waals surface area contributed by atoms with Gasteiger partial charge in [0.15, 0.2) is 11.5 Å². The molecule has 0 bridgehead atoms. The highest BCUT2D eigenvalue weighted by atomic mass is 79.9. The molecule has 2 aromatic heterocycles. The van der Waals surface area contributed by atoms with Crippen molar-refractivity contribution in [2.24, 2.45) is 7.05 Å².